The number of anilines is 1. The van der Waals surface area contributed by atoms with E-state index in [0.29, 0.717) is 29.4 Å². The van der Waals surface area contributed by atoms with Gasteiger partial charge in [0.25, 0.3) is 10.1 Å². The van der Waals surface area contributed by atoms with Crippen LogP contribution in [0.15, 0.2) is 30.5 Å². The van der Waals surface area contributed by atoms with Crippen LogP contribution in [0.25, 0.3) is 10.9 Å². The lowest BCUT2D eigenvalue weighted by Gasteiger charge is -2.20. The van der Waals surface area contributed by atoms with Crippen molar-refractivity contribution in [2.75, 3.05) is 38.5 Å². The molecular formula is C16H20N2O5S. The number of nitrogens with zero attached hydrogens (tertiary/aromatic N) is 2. The smallest absolute Gasteiger partial charge is 0.338 e. The molecule has 2 aromatic rings. The van der Waals surface area contributed by atoms with Crippen LogP contribution in [0.1, 0.15) is 16.8 Å². The van der Waals surface area contributed by atoms with Gasteiger partial charge >= 0.3 is 5.97 Å². The van der Waals surface area contributed by atoms with E-state index in [0.717, 1.165) is 11.9 Å². The van der Waals surface area contributed by atoms with Crippen LogP contribution in [0.5, 0.6) is 0 Å². The minimum atomic E-state index is -3.41. The number of hydrogen-bond donors (Lipinski definition) is 0. The van der Waals surface area contributed by atoms with Crippen LogP contribution in [-0.2, 0) is 19.0 Å². The molecule has 0 aliphatic rings. The molecule has 1 aromatic heterocycles. The number of benzene rings is 1. The van der Waals surface area contributed by atoms with E-state index in [9.17, 15) is 13.2 Å². The molecular weight excluding hydrogens is 332 g/mol. The lowest BCUT2D eigenvalue weighted by molar-refractivity contribution is 0.0603. The van der Waals surface area contributed by atoms with Crippen molar-refractivity contribution in [2.45, 2.75) is 6.42 Å². The maximum atomic E-state index is 11.9. The molecule has 8 heteroatoms. The average Bonchev–Trinajstić information content (AvgIpc) is 2.56. The molecule has 0 N–H and O–H groups in total. The van der Waals surface area contributed by atoms with Gasteiger partial charge in [0.1, 0.15) is 0 Å². The standard InChI is InChI=1S/C16H20N2O5S/c1-18(9-4-10-23-24(3,20)21)12-5-6-15-14(11-12)13(7-8-17-15)16(19)22-2/h5-8,11H,4,9-10H2,1-3H3. The predicted octanol–water partition coefficient (Wildman–Crippen LogP) is 1.82. The Balaban J connectivity index is 2.15. The van der Waals surface area contributed by atoms with Gasteiger partial charge in [-0.15, -0.1) is 0 Å². The molecule has 0 unspecified atom stereocenters. The first-order valence-corrected chi connectivity index (χ1v) is 9.16. The van der Waals surface area contributed by atoms with E-state index >= 15 is 0 Å². The van der Waals surface area contributed by atoms with Gasteiger partial charge in [0.2, 0.25) is 0 Å². The van der Waals surface area contributed by atoms with Crippen LogP contribution in [-0.4, -0.2) is 52.9 Å². The highest BCUT2D eigenvalue weighted by Crippen LogP contribution is 2.23. The topological polar surface area (TPSA) is 85.8 Å². The van der Waals surface area contributed by atoms with Gasteiger partial charge in [0.15, 0.2) is 0 Å². The van der Waals surface area contributed by atoms with E-state index in [2.05, 4.69) is 4.98 Å². The van der Waals surface area contributed by atoms with Crippen LogP contribution in [0.4, 0.5) is 5.69 Å². The fraction of sp³-hybridized carbons (Fsp3) is 0.375. The second-order valence-electron chi connectivity index (χ2n) is 5.35. The summed E-state index contributed by atoms with van der Waals surface area (Å²) in [4.78, 5) is 18.1. The minimum absolute atomic E-state index is 0.131. The Morgan fingerprint density at radius 1 is 1.29 bits per heavy atom. The SMILES string of the molecule is COC(=O)c1ccnc2ccc(N(C)CCCOS(C)(=O)=O)cc12. The summed E-state index contributed by atoms with van der Waals surface area (Å²) < 4.78 is 31.4. The molecule has 1 aromatic carbocycles. The molecule has 2 rings (SSSR count). The number of rotatable bonds is 7. The van der Waals surface area contributed by atoms with Crippen LogP contribution >= 0.6 is 0 Å². The van der Waals surface area contributed by atoms with Crippen molar-refractivity contribution in [3.8, 4) is 0 Å². The molecule has 130 valence electrons. The van der Waals surface area contributed by atoms with Gasteiger partial charge in [0, 0.05) is 30.9 Å². The zero-order chi connectivity index (χ0) is 17.7. The largest absolute Gasteiger partial charge is 0.465 e. The number of methoxy groups -OCH3 is 1. The van der Waals surface area contributed by atoms with E-state index in [1.54, 1.807) is 12.3 Å². The zero-order valence-corrected chi connectivity index (χ0v) is 14.7. The Hall–Kier alpha value is -2.19. The third kappa shape index (κ3) is 4.65. The van der Waals surface area contributed by atoms with Gasteiger partial charge in [0.05, 0.1) is 31.1 Å². The van der Waals surface area contributed by atoms with Gasteiger partial charge in [-0.05, 0) is 30.7 Å². The highest BCUT2D eigenvalue weighted by Gasteiger charge is 2.12. The molecule has 7 nitrogen and oxygen atoms in total. The van der Waals surface area contributed by atoms with Crippen molar-refractivity contribution >= 4 is 32.7 Å². The molecule has 0 atom stereocenters. The Morgan fingerprint density at radius 3 is 2.71 bits per heavy atom. The van der Waals surface area contributed by atoms with Gasteiger partial charge in [-0.25, -0.2) is 4.79 Å². The molecule has 0 aliphatic carbocycles. The molecule has 0 amide bonds. The third-order valence-corrected chi connectivity index (χ3v) is 4.10. The number of aromatic nitrogens is 1. The zero-order valence-electron chi connectivity index (χ0n) is 13.9. The van der Waals surface area contributed by atoms with Crippen molar-refractivity contribution < 1.29 is 22.1 Å². The van der Waals surface area contributed by atoms with Gasteiger partial charge in [-0.3, -0.25) is 9.17 Å². The molecule has 24 heavy (non-hydrogen) atoms. The van der Waals surface area contributed by atoms with Crippen molar-refractivity contribution in [3.05, 3.63) is 36.0 Å². The minimum Gasteiger partial charge on any atom is -0.465 e. The summed E-state index contributed by atoms with van der Waals surface area (Å²) in [6.45, 7) is 0.737. The van der Waals surface area contributed by atoms with Crippen molar-refractivity contribution in [3.63, 3.8) is 0 Å². The Labute approximate surface area is 141 Å². The van der Waals surface area contributed by atoms with Gasteiger partial charge in [-0.1, -0.05) is 0 Å². The van der Waals surface area contributed by atoms with Crippen molar-refractivity contribution in [1.82, 2.24) is 4.98 Å². The molecule has 0 radical (unpaired) electrons. The van der Waals surface area contributed by atoms with Crippen LogP contribution in [0, 0.1) is 0 Å². The molecule has 0 bridgehead atoms. The van der Waals surface area contributed by atoms with E-state index in [1.165, 1.54) is 7.11 Å². The highest BCUT2D eigenvalue weighted by molar-refractivity contribution is 7.85. The van der Waals surface area contributed by atoms with E-state index in [1.807, 2.05) is 30.1 Å². The molecule has 0 spiro atoms. The quantitative estimate of drug-likeness (QED) is 0.427. The fourth-order valence-electron chi connectivity index (χ4n) is 2.30. The number of carbonyl (C=O) groups is 1. The number of carbonyl (C=O) groups excluding carboxylic acids is 1. The van der Waals surface area contributed by atoms with E-state index in [-0.39, 0.29) is 6.61 Å². The molecule has 0 aliphatic heterocycles. The monoisotopic (exact) mass is 352 g/mol. The van der Waals surface area contributed by atoms with Crippen LogP contribution < -0.4 is 4.90 Å². The number of esters is 1. The van der Waals surface area contributed by atoms with Crippen molar-refractivity contribution in [1.29, 1.82) is 0 Å². The maximum absolute atomic E-state index is 11.9. The molecule has 0 saturated heterocycles. The first-order valence-electron chi connectivity index (χ1n) is 7.34. The Morgan fingerprint density at radius 2 is 2.04 bits per heavy atom. The lowest BCUT2D eigenvalue weighted by atomic mass is 10.1. The maximum Gasteiger partial charge on any atom is 0.338 e. The fourth-order valence-corrected chi connectivity index (χ4v) is 2.72. The summed E-state index contributed by atoms with van der Waals surface area (Å²) in [5, 5.41) is 0.709. The van der Waals surface area contributed by atoms with Gasteiger partial charge in [-0.2, -0.15) is 8.42 Å². The Bertz CT molecular complexity index is 835. The molecule has 0 saturated carbocycles. The average molecular weight is 352 g/mol. The van der Waals surface area contributed by atoms with E-state index < -0.39 is 16.1 Å². The summed E-state index contributed by atoms with van der Waals surface area (Å²) in [5.74, 6) is -0.413. The van der Waals surface area contributed by atoms with Crippen molar-refractivity contribution in [2.24, 2.45) is 0 Å². The second kappa shape index (κ2) is 7.59. The normalized spacial score (nSPS) is 11.5. The summed E-state index contributed by atoms with van der Waals surface area (Å²) >= 11 is 0. The molecule has 0 fully saturated rings. The number of pyridine rings is 1. The van der Waals surface area contributed by atoms with E-state index in [4.69, 9.17) is 8.92 Å². The summed E-state index contributed by atoms with van der Waals surface area (Å²) in [5.41, 5.74) is 2.05. The first-order chi connectivity index (χ1) is 11.3. The summed E-state index contributed by atoms with van der Waals surface area (Å²) in [6.07, 6.45) is 3.15. The Kier molecular flexibility index (Phi) is 5.74. The lowest BCUT2D eigenvalue weighted by Crippen LogP contribution is -2.20. The number of fused-ring (bicyclic) bond motifs is 1. The van der Waals surface area contributed by atoms with Crippen LogP contribution in [0.2, 0.25) is 0 Å². The summed E-state index contributed by atoms with van der Waals surface area (Å²) in [6, 6.07) is 7.22. The number of ether oxygens (including phenoxy) is 1. The third-order valence-electron chi connectivity index (χ3n) is 3.51. The first kappa shape index (κ1) is 18.2. The van der Waals surface area contributed by atoms with Crippen LogP contribution in [0.3, 0.4) is 0 Å². The highest BCUT2D eigenvalue weighted by atomic mass is 32.2. The molecule has 1 heterocycles. The van der Waals surface area contributed by atoms with Gasteiger partial charge < -0.3 is 9.64 Å². The predicted molar refractivity (Wildman–Crippen MR) is 91.8 cm³/mol. The number of hydrogen-bond acceptors (Lipinski definition) is 7. The second-order valence-corrected chi connectivity index (χ2v) is 7.00. The summed E-state index contributed by atoms with van der Waals surface area (Å²) in [7, 11) is -0.187.